The number of carbonyl (C=O) groups excluding carboxylic acids is 1. The van der Waals surface area contributed by atoms with Crippen LogP contribution in [0, 0.1) is 0 Å². The predicted octanol–water partition coefficient (Wildman–Crippen LogP) is 2.11. The fourth-order valence-corrected chi connectivity index (χ4v) is 1.10. The number of benzene rings is 1. The molecule has 0 fully saturated rings. The van der Waals surface area contributed by atoms with E-state index in [0.29, 0.717) is 0 Å². The van der Waals surface area contributed by atoms with Gasteiger partial charge in [-0.3, -0.25) is 4.79 Å². The molecule has 1 aromatic rings. The van der Waals surface area contributed by atoms with Crippen LogP contribution in [0.4, 0.5) is 0 Å². The molecule has 0 radical (unpaired) electrons. The van der Waals surface area contributed by atoms with Gasteiger partial charge in [0.1, 0.15) is 0 Å². The van der Waals surface area contributed by atoms with E-state index in [2.05, 4.69) is 25.3 Å². The number of hydrogen-bond acceptors (Lipinski definition) is 2. The van der Waals surface area contributed by atoms with Crippen molar-refractivity contribution < 1.29 is 4.79 Å². The van der Waals surface area contributed by atoms with Crippen molar-refractivity contribution in [3.63, 3.8) is 0 Å². The van der Waals surface area contributed by atoms with Gasteiger partial charge in [-0.2, -0.15) is 12.6 Å². The first-order valence-corrected chi connectivity index (χ1v) is 4.14. The molecule has 0 heterocycles. The minimum absolute atomic E-state index is 0.223. The van der Waals surface area contributed by atoms with E-state index < -0.39 is 5.25 Å². The Kier molecular flexibility index (Phi) is 3.02. The lowest BCUT2D eigenvalue weighted by molar-refractivity contribution is -0.110. The molecule has 0 aromatic heterocycles. The minimum atomic E-state index is -0.403. The van der Waals surface area contributed by atoms with Crippen LogP contribution in [0.2, 0.25) is 0 Å². The van der Waals surface area contributed by atoms with Crippen LogP contribution in [-0.4, -0.2) is 5.12 Å². The first-order chi connectivity index (χ1) is 5.22. The highest BCUT2D eigenvalue weighted by atomic mass is 32.1. The summed E-state index contributed by atoms with van der Waals surface area (Å²) in [5.41, 5.74) is 0.885. The van der Waals surface area contributed by atoms with Crippen LogP contribution < -0.4 is 0 Å². The molecule has 1 aromatic carbocycles. The maximum absolute atomic E-state index is 10.7. The van der Waals surface area contributed by atoms with Gasteiger partial charge in [-0.05, 0) is 5.56 Å². The van der Waals surface area contributed by atoms with Crippen molar-refractivity contribution in [3.05, 3.63) is 35.9 Å². The third-order valence-electron chi connectivity index (χ3n) is 1.35. The summed E-state index contributed by atoms with van der Waals surface area (Å²) in [4.78, 5) is 10.7. The Morgan fingerprint density at radius 2 is 1.82 bits per heavy atom. The van der Waals surface area contributed by atoms with Gasteiger partial charge in [0, 0.05) is 0 Å². The molecule has 0 saturated heterocycles. The van der Waals surface area contributed by atoms with Gasteiger partial charge in [-0.25, -0.2) is 0 Å². The summed E-state index contributed by atoms with van der Waals surface area (Å²) in [6.07, 6.45) is 0. The van der Waals surface area contributed by atoms with Crippen LogP contribution in [0.15, 0.2) is 30.3 Å². The van der Waals surface area contributed by atoms with Crippen molar-refractivity contribution >= 4 is 30.4 Å². The summed E-state index contributed by atoms with van der Waals surface area (Å²) in [6, 6.07) is 9.34. The molecule has 1 nitrogen and oxygen atoms in total. The minimum Gasteiger partial charge on any atom is -0.286 e. The lowest BCUT2D eigenvalue weighted by atomic mass is 10.2. The second kappa shape index (κ2) is 3.83. The maximum atomic E-state index is 10.7. The summed E-state index contributed by atoms with van der Waals surface area (Å²) in [5, 5.41) is -0.626. The van der Waals surface area contributed by atoms with Crippen LogP contribution in [0.25, 0.3) is 0 Å². The van der Waals surface area contributed by atoms with Crippen molar-refractivity contribution in [3.8, 4) is 0 Å². The summed E-state index contributed by atoms with van der Waals surface area (Å²) in [6.45, 7) is 0. The van der Waals surface area contributed by atoms with Gasteiger partial charge in [0.05, 0.1) is 5.25 Å². The zero-order valence-corrected chi connectivity index (χ0v) is 7.56. The molecular formula is C8H8OS2. The first kappa shape index (κ1) is 8.68. The zero-order chi connectivity index (χ0) is 8.27. The quantitative estimate of drug-likeness (QED) is 0.673. The highest BCUT2D eigenvalue weighted by Crippen LogP contribution is 2.21. The monoisotopic (exact) mass is 184 g/mol. The van der Waals surface area contributed by atoms with E-state index in [0.717, 1.165) is 5.56 Å². The van der Waals surface area contributed by atoms with Gasteiger partial charge >= 0.3 is 0 Å². The summed E-state index contributed by atoms with van der Waals surface area (Å²) < 4.78 is 0. The molecule has 11 heavy (non-hydrogen) atoms. The van der Waals surface area contributed by atoms with E-state index >= 15 is 0 Å². The van der Waals surface area contributed by atoms with Crippen molar-refractivity contribution in [2.24, 2.45) is 0 Å². The Bertz CT molecular complexity index is 246. The Hall–Kier alpha value is -0.410. The van der Waals surface area contributed by atoms with E-state index in [-0.39, 0.29) is 5.12 Å². The number of carbonyl (C=O) groups is 1. The number of hydrogen-bond donors (Lipinski definition) is 2. The fraction of sp³-hybridized carbons (Fsp3) is 0.125. The van der Waals surface area contributed by atoms with Crippen LogP contribution in [0.1, 0.15) is 10.8 Å². The van der Waals surface area contributed by atoms with E-state index in [1.165, 1.54) is 0 Å². The topological polar surface area (TPSA) is 17.1 Å². The standard InChI is InChI=1S/C8H8OS2/c9-8(11)7(10)6-4-2-1-3-5-6/h1-5,7,10H,(H,9,11). The van der Waals surface area contributed by atoms with Crippen molar-refractivity contribution in [2.75, 3.05) is 0 Å². The lowest BCUT2D eigenvalue weighted by Crippen LogP contribution is -1.97. The van der Waals surface area contributed by atoms with Gasteiger partial charge in [0.25, 0.3) is 0 Å². The molecular weight excluding hydrogens is 176 g/mol. The molecule has 1 unspecified atom stereocenters. The largest absolute Gasteiger partial charge is 0.286 e. The SMILES string of the molecule is O=C(S)C(S)c1ccccc1. The lowest BCUT2D eigenvalue weighted by Gasteiger charge is -2.04. The molecule has 0 bridgehead atoms. The molecule has 3 heteroatoms. The van der Waals surface area contributed by atoms with Gasteiger partial charge in [-0.15, -0.1) is 12.6 Å². The molecule has 0 amide bonds. The van der Waals surface area contributed by atoms with Crippen LogP contribution >= 0.6 is 25.3 Å². The average molecular weight is 184 g/mol. The highest BCUT2D eigenvalue weighted by Gasteiger charge is 2.10. The summed E-state index contributed by atoms with van der Waals surface area (Å²) >= 11 is 7.78. The van der Waals surface area contributed by atoms with Gasteiger partial charge in [0.15, 0.2) is 0 Å². The predicted molar refractivity (Wildman–Crippen MR) is 52.2 cm³/mol. The molecule has 1 rings (SSSR count). The Morgan fingerprint density at radius 3 is 2.27 bits per heavy atom. The van der Waals surface area contributed by atoms with Gasteiger partial charge in [0.2, 0.25) is 5.12 Å². The summed E-state index contributed by atoms with van der Waals surface area (Å²) in [7, 11) is 0. The molecule has 58 valence electrons. The van der Waals surface area contributed by atoms with E-state index in [4.69, 9.17) is 0 Å². The van der Waals surface area contributed by atoms with Crippen LogP contribution in [-0.2, 0) is 4.79 Å². The Labute approximate surface area is 76.6 Å². The Morgan fingerprint density at radius 1 is 1.27 bits per heavy atom. The molecule has 0 aliphatic rings. The molecule has 0 N–H and O–H groups in total. The van der Waals surface area contributed by atoms with E-state index in [1.807, 2.05) is 30.3 Å². The van der Waals surface area contributed by atoms with Gasteiger partial charge in [-0.1, -0.05) is 30.3 Å². The number of thiol groups is 2. The third kappa shape index (κ3) is 2.27. The zero-order valence-electron chi connectivity index (χ0n) is 5.77. The maximum Gasteiger partial charge on any atom is 0.203 e. The van der Waals surface area contributed by atoms with E-state index in [1.54, 1.807) is 0 Å². The number of rotatable bonds is 2. The Balaban J connectivity index is 2.85. The first-order valence-electron chi connectivity index (χ1n) is 3.17. The van der Waals surface area contributed by atoms with Crippen LogP contribution in [0.5, 0.6) is 0 Å². The molecule has 1 atom stereocenters. The van der Waals surface area contributed by atoms with Crippen molar-refractivity contribution in [1.29, 1.82) is 0 Å². The highest BCUT2D eigenvalue weighted by molar-refractivity contribution is 7.99. The van der Waals surface area contributed by atoms with E-state index in [9.17, 15) is 4.79 Å². The normalized spacial score (nSPS) is 12.5. The second-order valence-corrected chi connectivity index (χ2v) is 3.11. The molecule has 0 aliphatic heterocycles. The molecule has 0 saturated carbocycles. The van der Waals surface area contributed by atoms with Crippen molar-refractivity contribution in [2.45, 2.75) is 5.25 Å². The smallest absolute Gasteiger partial charge is 0.203 e. The molecule has 0 aliphatic carbocycles. The van der Waals surface area contributed by atoms with Crippen molar-refractivity contribution in [1.82, 2.24) is 0 Å². The molecule has 0 spiro atoms. The third-order valence-corrected chi connectivity index (χ3v) is 2.34. The van der Waals surface area contributed by atoms with Gasteiger partial charge < -0.3 is 0 Å². The second-order valence-electron chi connectivity index (χ2n) is 2.15. The average Bonchev–Trinajstić information content (AvgIpc) is 2.05. The van der Waals surface area contributed by atoms with Crippen LogP contribution in [0.3, 0.4) is 0 Å². The fourth-order valence-electron chi connectivity index (χ4n) is 0.778. The summed E-state index contributed by atoms with van der Waals surface area (Å²) in [5.74, 6) is 0.